The molecule has 2 aromatic rings. The van der Waals surface area contributed by atoms with Crippen LogP contribution >= 0.6 is 0 Å². The maximum absolute atomic E-state index is 5.59. The predicted octanol–water partition coefficient (Wildman–Crippen LogP) is 9.44. The molecule has 0 N–H and O–H groups in total. The van der Waals surface area contributed by atoms with Gasteiger partial charge in [0.25, 0.3) is 0 Å². The van der Waals surface area contributed by atoms with Gasteiger partial charge in [-0.25, -0.2) is 0 Å². The lowest BCUT2D eigenvalue weighted by molar-refractivity contribution is 0.130. The van der Waals surface area contributed by atoms with Gasteiger partial charge in [-0.3, -0.25) is 0 Å². The number of rotatable bonds is 18. The Labute approximate surface area is 186 Å². The van der Waals surface area contributed by atoms with Crippen LogP contribution in [0, 0.1) is 0 Å². The van der Waals surface area contributed by atoms with E-state index in [1.54, 1.807) is 5.56 Å². The molecule has 2 rings (SSSR count). The quantitative estimate of drug-likeness (QED) is 0.222. The average Bonchev–Trinajstić information content (AvgIpc) is 2.78. The van der Waals surface area contributed by atoms with Gasteiger partial charge >= 0.3 is 0 Å². The minimum atomic E-state index is 0.722. The van der Waals surface area contributed by atoms with E-state index in [0.29, 0.717) is 0 Å². The van der Waals surface area contributed by atoms with Gasteiger partial charge in [-0.05, 0) is 47.9 Å². The third-order valence-electron chi connectivity index (χ3n) is 6.36. The largest absolute Gasteiger partial charge is 0.381 e. The summed E-state index contributed by atoms with van der Waals surface area (Å²) in [6.45, 7) is 6.36. The Bertz CT molecular complexity index is 657. The molecule has 0 aromatic heterocycles. The lowest BCUT2D eigenvalue weighted by Gasteiger charge is -2.20. The van der Waals surface area contributed by atoms with Gasteiger partial charge in [0.1, 0.15) is 0 Å². The van der Waals surface area contributed by atoms with Gasteiger partial charge in [0, 0.05) is 13.2 Å². The predicted molar refractivity (Wildman–Crippen MR) is 133 cm³/mol. The maximum Gasteiger partial charge on any atom is 0.0466 e. The smallest absolute Gasteiger partial charge is 0.0466 e. The van der Waals surface area contributed by atoms with Crippen LogP contribution < -0.4 is 0 Å². The van der Waals surface area contributed by atoms with E-state index in [-0.39, 0.29) is 0 Å². The van der Waals surface area contributed by atoms with Crippen LogP contribution in [0.5, 0.6) is 0 Å². The fraction of sp³-hybridized carbons (Fsp3) is 0.655. The van der Waals surface area contributed by atoms with E-state index in [1.807, 2.05) is 0 Å². The van der Waals surface area contributed by atoms with Gasteiger partial charge in [-0.15, -0.1) is 0 Å². The molecule has 2 aromatic carbocycles. The number of unbranched alkanes of at least 4 members (excludes halogenated alkanes) is 9. The first kappa shape index (κ1) is 24.9. The Balaban J connectivity index is 1.79. The Morgan fingerprint density at radius 3 is 1.97 bits per heavy atom. The van der Waals surface area contributed by atoms with Crippen LogP contribution in [0.1, 0.15) is 115 Å². The van der Waals surface area contributed by atoms with E-state index in [4.69, 9.17) is 4.74 Å². The van der Waals surface area contributed by atoms with Crippen LogP contribution in [0.4, 0.5) is 0 Å². The molecule has 30 heavy (non-hydrogen) atoms. The van der Waals surface area contributed by atoms with Crippen LogP contribution in [0.2, 0.25) is 0 Å². The first-order valence-corrected chi connectivity index (χ1v) is 12.9. The molecule has 0 bridgehead atoms. The molecule has 0 heterocycles. The van der Waals surface area contributed by atoms with Gasteiger partial charge in [0.05, 0.1) is 0 Å². The van der Waals surface area contributed by atoms with Crippen molar-refractivity contribution in [1.82, 2.24) is 0 Å². The summed E-state index contributed by atoms with van der Waals surface area (Å²) in [6, 6.07) is 15.9. The Morgan fingerprint density at radius 2 is 1.23 bits per heavy atom. The fourth-order valence-electron chi connectivity index (χ4n) is 4.60. The maximum atomic E-state index is 5.59. The van der Waals surface area contributed by atoms with Crippen molar-refractivity contribution in [2.75, 3.05) is 13.2 Å². The zero-order valence-electron chi connectivity index (χ0n) is 19.8. The molecule has 0 saturated heterocycles. The van der Waals surface area contributed by atoms with Crippen LogP contribution in [0.25, 0.3) is 10.8 Å². The second-order valence-corrected chi connectivity index (χ2v) is 8.99. The normalized spacial score (nSPS) is 12.5. The molecule has 0 saturated carbocycles. The number of fused-ring (bicyclic) bond motifs is 1. The van der Waals surface area contributed by atoms with Crippen molar-refractivity contribution in [1.29, 1.82) is 0 Å². The van der Waals surface area contributed by atoms with E-state index in [2.05, 4.69) is 56.3 Å². The van der Waals surface area contributed by atoms with Gasteiger partial charge in [-0.2, -0.15) is 0 Å². The van der Waals surface area contributed by atoms with Crippen LogP contribution in [0.3, 0.4) is 0 Å². The van der Waals surface area contributed by atoms with Crippen molar-refractivity contribution in [2.45, 2.75) is 110 Å². The molecule has 0 aliphatic heterocycles. The lowest BCUT2D eigenvalue weighted by atomic mass is 9.85. The molecule has 168 valence electrons. The van der Waals surface area contributed by atoms with E-state index < -0.39 is 0 Å². The SMILES string of the molecule is CCCCCCC[C@@H](CCCCCCCCOCCC)c1cccc2ccccc12. The summed E-state index contributed by atoms with van der Waals surface area (Å²) in [6.07, 6.45) is 18.8. The standard InChI is InChI=1S/C29H46O/c1-3-5-6-9-12-18-26(19-13-10-7-8-11-16-25-30-24-4-2)29-23-17-21-27-20-14-15-22-28(27)29/h14-15,17,20-23,26H,3-13,16,18-19,24-25H2,1-2H3/t26-/m0/s1. The number of ether oxygens (including phenoxy) is 1. The van der Waals surface area contributed by atoms with Crippen molar-refractivity contribution >= 4 is 10.8 Å². The van der Waals surface area contributed by atoms with Gasteiger partial charge in [0.15, 0.2) is 0 Å². The molecule has 1 heteroatoms. The van der Waals surface area contributed by atoms with Crippen LogP contribution in [0.15, 0.2) is 42.5 Å². The molecular weight excluding hydrogens is 364 g/mol. The highest BCUT2D eigenvalue weighted by Crippen LogP contribution is 2.33. The second-order valence-electron chi connectivity index (χ2n) is 8.99. The fourth-order valence-corrected chi connectivity index (χ4v) is 4.60. The zero-order valence-corrected chi connectivity index (χ0v) is 19.8. The van der Waals surface area contributed by atoms with E-state index >= 15 is 0 Å². The molecule has 1 atom stereocenters. The lowest BCUT2D eigenvalue weighted by Crippen LogP contribution is -2.01. The average molecular weight is 411 g/mol. The van der Waals surface area contributed by atoms with Gasteiger partial charge in [-0.1, -0.05) is 121 Å². The molecule has 0 aliphatic carbocycles. The van der Waals surface area contributed by atoms with Crippen LogP contribution in [-0.2, 0) is 4.74 Å². The van der Waals surface area contributed by atoms with Crippen molar-refractivity contribution < 1.29 is 4.74 Å². The Hall–Kier alpha value is -1.34. The molecule has 0 amide bonds. The van der Waals surface area contributed by atoms with E-state index in [1.165, 1.54) is 94.2 Å². The molecule has 0 aliphatic rings. The second kappa shape index (κ2) is 16.4. The molecule has 0 unspecified atom stereocenters. The summed E-state index contributed by atoms with van der Waals surface area (Å²) in [5, 5.41) is 2.88. The highest BCUT2D eigenvalue weighted by Gasteiger charge is 2.14. The monoisotopic (exact) mass is 410 g/mol. The molecule has 1 nitrogen and oxygen atoms in total. The minimum Gasteiger partial charge on any atom is -0.381 e. The van der Waals surface area contributed by atoms with Crippen molar-refractivity contribution in [2.24, 2.45) is 0 Å². The van der Waals surface area contributed by atoms with Crippen molar-refractivity contribution in [3.05, 3.63) is 48.0 Å². The summed E-state index contributed by atoms with van der Waals surface area (Å²) < 4.78 is 5.59. The number of benzene rings is 2. The summed E-state index contributed by atoms with van der Waals surface area (Å²) in [5.41, 5.74) is 1.59. The highest BCUT2D eigenvalue weighted by molar-refractivity contribution is 5.86. The molecular formula is C29H46O. The topological polar surface area (TPSA) is 9.23 Å². The summed E-state index contributed by atoms with van der Waals surface area (Å²) in [7, 11) is 0. The van der Waals surface area contributed by atoms with E-state index in [9.17, 15) is 0 Å². The first-order chi connectivity index (χ1) is 14.9. The van der Waals surface area contributed by atoms with E-state index in [0.717, 1.165) is 25.6 Å². The number of hydrogen-bond acceptors (Lipinski definition) is 1. The number of hydrogen-bond donors (Lipinski definition) is 0. The molecule has 0 radical (unpaired) electrons. The summed E-state index contributed by atoms with van der Waals surface area (Å²) in [5.74, 6) is 0.722. The van der Waals surface area contributed by atoms with Crippen molar-refractivity contribution in [3.63, 3.8) is 0 Å². The Kier molecular flexibility index (Phi) is 13.6. The third kappa shape index (κ3) is 9.65. The third-order valence-corrected chi connectivity index (χ3v) is 6.36. The minimum absolute atomic E-state index is 0.722. The Morgan fingerprint density at radius 1 is 0.600 bits per heavy atom. The van der Waals surface area contributed by atoms with Crippen LogP contribution in [-0.4, -0.2) is 13.2 Å². The zero-order chi connectivity index (χ0) is 21.3. The summed E-state index contributed by atoms with van der Waals surface area (Å²) >= 11 is 0. The van der Waals surface area contributed by atoms with Gasteiger partial charge < -0.3 is 4.74 Å². The first-order valence-electron chi connectivity index (χ1n) is 12.9. The highest BCUT2D eigenvalue weighted by atomic mass is 16.5. The van der Waals surface area contributed by atoms with Crippen molar-refractivity contribution in [3.8, 4) is 0 Å². The molecule has 0 fully saturated rings. The van der Waals surface area contributed by atoms with Gasteiger partial charge in [0.2, 0.25) is 0 Å². The molecule has 0 spiro atoms. The summed E-state index contributed by atoms with van der Waals surface area (Å²) in [4.78, 5) is 0.